The van der Waals surface area contributed by atoms with Crippen LogP contribution >= 0.6 is 0 Å². The molecule has 2 heterocycles. The molecule has 156 valence electrons. The molecule has 30 heavy (non-hydrogen) atoms. The summed E-state index contributed by atoms with van der Waals surface area (Å²) in [7, 11) is 0. The summed E-state index contributed by atoms with van der Waals surface area (Å²) in [5.74, 6) is 0.153. The number of fused-ring (bicyclic) bond motifs is 1. The zero-order valence-electron chi connectivity index (χ0n) is 17.1. The first-order valence-corrected chi connectivity index (χ1v) is 10.3. The van der Waals surface area contributed by atoms with Gasteiger partial charge >= 0.3 is 0 Å². The Balaban J connectivity index is 1.49. The van der Waals surface area contributed by atoms with Gasteiger partial charge in [0, 0.05) is 32.7 Å². The molecule has 1 amide bonds. The number of hydrogen-bond acceptors (Lipinski definition) is 4. The van der Waals surface area contributed by atoms with Crippen LogP contribution in [0.4, 0.5) is 10.2 Å². The van der Waals surface area contributed by atoms with Gasteiger partial charge in [-0.15, -0.1) is 0 Å². The number of aromatic nitrogens is 2. The lowest BCUT2D eigenvalue weighted by Crippen LogP contribution is -2.51. The van der Waals surface area contributed by atoms with Gasteiger partial charge < -0.3 is 14.4 Å². The van der Waals surface area contributed by atoms with Crippen LogP contribution in [0.25, 0.3) is 11.0 Å². The maximum Gasteiger partial charge on any atom is 0.294 e. The van der Waals surface area contributed by atoms with Gasteiger partial charge in [0.2, 0.25) is 5.91 Å². The second-order valence-corrected chi connectivity index (χ2v) is 7.55. The zero-order chi connectivity index (χ0) is 21.1. The van der Waals surface area contributed by atoms with Crippen molar-refractivity contribution in [3.05, 3.63) is 70.3 Å². The highest BCUT2D eigenvalue weighted by Gasteiger charge is 2.24. The SMILES string of the molecule is CCCn1c(=O)c(N2CCN(C(=O)Cc3ccc(F)cc3)CC2)nc2ccccc21. The normalized spacial score (nSPS) is 14.3. The van der Waals surface area contributed by atoms with E-state index in [1.807, 2.05) is 36.1 Å². The lowest BCUT2D eigenvalue weighted by Gasteiger charge is -2.35. The van der Waals surface area contributed by atoms with Crippen LogP contribution in [-0.4, -0.2) is 46.5 Å². The van der Waals surface area contributed by atoms with Gasteiger partial charge in [0.1, 0.15) is 5.82 Å². The largest absolute Gasteiger partial charge is 0.348 e. The van der Waals surface area contributed by atoms with Gasteiger partial charge in [-0.3, -0.25) is 9.59 Å². The van der Waals surface area contributed by atoms with Crippen molar-refractivity contribution in [3.63, 3.8) is 0 Å². The predicted molar refractivity (Wildman–Crippen MR) is 115 cm³/mol. The van der Waals surface area contributed by atoms with E-state index in [0.717, 1.165) is 23.0 Å². The summed E-state index contributed by atoms with van der Waals surface area (Å²) in [4.78, 5) is 34.1. The van der Waals surface area contributed by atoms with Gasteiger partial charge in [-0.2, -0.15) is 0 Å². The van der Waals surface area contributed by atoms with Crippen molar-refractivity contribution < 1.29 is 9.18 Å². The molecule has 1 aliphatic heterocycles. The van der Waals surface area contributed by atoms with E-state index in [9.17, 15) is 14.0 Å². The highest BCUT2D eigenvalue weighted by molar-refractivity contribution is 5.79. The van der Waals surface area contributed by atoms with Crippen molar-refractivity contribution in [3.8, 4) is 0 Å². The molecule has 1 fully saturated rings. The maximum absolute atomic E-state index is 13.1. The molecule has 0 N–H and O–H groups in total. The summed E-state index contributed by atoms with van der Waals surface area (Å²) < 4.78 is 14.9. The Hall–Kier alpha value is -3.22. The molecule has 0 spiro atoms. The number of rotatable bonds is 5. The van der Waals surface area contributed by atoms with E-state index in [-0.39, 0.29) is 23.7 Å². The number of para-hydroxylation sites is 2. The molecule has 0 unspecified atom stereocenters. The number of piperazine rings is 1. The van der Waals surface area contributed by atoms with Crippen LogP contribution in [0.2, 0.25) is 0 Å². The van der Waals surface area contributed by atoms with Crippen molar-refractivity contribution in [1.82, 2.24) is 14.5 Å². The Bertz CT molecular complexity index is 1100. The smallest absolute Gasteiger partial charge is 0.294 e. The number of anilines is 1. The highest BCUT2D eigenvalue weighted by Crippen LogP contribution is 2.17. The average molecular weight is 408 g/mol. The van der Waals surface area contributed by atoms with Crippen molar-refractivity contribution in [2.45, 2.75) is 26.3 Å². The van der Waals surface area contributed by atoms with E-state index in [4.69, 9.17) is 0 Å². The van der Waals surface area contributed by atoms with E-state index < -0.39 is 0 Å². The average Bonchev–Trinajstić information content (AvgIpc) is 2.77. The monoisotopic (exact) mass is 408 g/mol. The summed E-state index contributed by atoms with van der Waals surface area (Å²) in [5.41, 5.74) is 2.36. The first-order chi connectivity index (χ1) is 14.6. The van der Waals surface area contributed by atoms with Gasteiger partial charge in [-0.25, -0.2) is 9.37 Å². The van der Waals surface area contributed by atoms with E-state index in [1.54, 1.807) is 21.6 Å². The van der Waals surface area contributed by atoms with E-state index in [2.05, 4.69) is 4.98 Å². The summed E-state index contributed by atoms with van der Waals surface area (Å²) >= 11 is 0. The van der Waals surface area contributed by atoms with Crippen molar-refractivity contribution in [2.75, 3.05) is 31.1 Å². The molecule has 1 saturated heterocycles. The number of nitrogens with zero attached hydrogens (tertiary/aromatic N) is 4. The molecule has 7 heteroatoms. The zero-order valence-corrected chi connectivity index (χ0v) is 17.1. The Labute approximate surface area is 174 Å². The topological polar surface area (TPSA) is 58.4 Å². The van der Waals surface area contributed by atoms with Gasteiger partial charge in [-0.1, -0.05) is 31.2 Å². The van der Waals surface area contributed by atoms with E-state index in [0.29, 0.717) is 38.5 Å². The second kappa shape index (κ2) is 8.65. The van der Waals surface area contributed by atoms with Crippen molar-refractivity contribution >= 4 is 22.8 Å². The third-order valence-corrected chi connectivity index (χ3v) is 5.48. The molecule has 6 nitrogen and oxygen atoms in total. The Morgan fingerprint density at radius 3 is 2.43 bits per heavy atom. The number of benzene rings is 2. The lowest BCUT2D eigenvalue weighted by atomic mass is 10.1. The molecule has 0 atom stereocenters. The molecule has 4 rings (SSSR count). The summed E-state index contributed by atoms with van der Waals surface area (Å²) in [5, 5.41) is 0. The molecule has 2 aromatic carbocycles. The Morgan fingerprint density at radius 1 is 1.03 bits per heavy atom. The number of carbonyl (C=O) groups excluding carboxylic acids is 1. The molecular formula is C23H25FN4O2. The summed E-state index contributed by atoms with van der Waals surface area (Å²) in [6.07, 6.45) is 1.11. The van der Waals surface area contributed by atoms with Gasteiger partial charge in [0.25, 0.3) is 5.56 Å². The van der Waals surface area contributed by atoms with E-state index in [1.165, 1.54) is 12.1 Å². The van der Waals surface area contributed by atoms with Crippen LogP contribution in [-0.2, 0) is 17.8 Å². The first-order valence-electron chi connectivity index (χ1n) is 10.3. The standard InChI is InChI=1S/C23H25FN4O2/c1-2-11-28-20-6-4-3-5-19(20)25-22(23(28)30)27-14-12-26(13-15-27)21(29)16-17-7-9-18(24)10-8-17/h3-10H,2,11-16H2,1H3. The second-order valence-electron chi connectivity index (χ2n) is 7.55. The third kappa shape index (κ3) is 4.06. The summed E-state index contributed by atoms with van der Waals surface area (Å²) in [6.45, 7) is 4.87. The van der Waals surface area contributed by atoms with Crippen LogP contribution in [0.1, 0.15) is 18.9 Å². The van der Waals surface area contributed by atoms with Gasteiger partial charge in [0.15, 0.2) is 5.82 Å². The van der Waals surface area contributed by atoms with Crippen LogP contribution in [0.3, 0.4) is 0 Å². The van der Waals surface area contributed by atoms with Crippen molar-refractivity contribution in [1.29, 1.82) is 0 Å². The maximum atomic E-state index is 13.1. The fraction of sp³-hybridized carbons (Fsp3) is 0.348. The Morgan fingerprint density at radius 2 is 1.73 bits per heavy atom. The molecular weight excluding hydrogens is 383 g/mol. The minimum Gasteiger partial charge on any atom is -0.348 e. The lowest BCUT2D eigenvalue weighted by molar-refractivity contribution is -0.130. The molecule has 0 radical (unpaired) electrons. The molecule has 0 bridgehead atoms. The third-order valence-electron chi connectivity index (χ3n) is 5.48. The quantitative estimate of drug-likeness (QED) is 0.652. The van der Waals surface area contributed by atoms with Gasteiger partial charge in [0.05, 0.1) is 17.5 Å². The first kappa shape index (κ1) is 20.1. The molecule has 1 aliphatic rings. The Kier molecular flexibility index (Phi) is 5.79. The molecule has 0 aliphatic carbocycles. The molecule has 1 aromatic heterocycles. The highest BCUT2D eigenvalue weighted by atomic mass is 19.1. The predicted octanol–water partition coefficient (Wildman–Crippen LogP) is 2.84. The van der Waals surface area contributed by atoms with E-state index >= 15 is 0 Å². The fourth-order valence-electron chi connectivity index (χ4n) is 3.89. The van der Waals surface area contributed by atoms with Crippen LogP contribution in [0.15, 0.2) is 53.3 Å². The number of amides is 1. The number of aryl methyl sites for hydroxylation is 1. The molecule has 3 aromatic rings. The molecule has 0 saturated carbocycles. The van der Waals surface area contributed by atoms with Crippen molar-refractivity contribution in [2.24, 2.45) is 0 Å². The van der Waals surface area contributed by atoms with Crippen LogP contribution in [0, 0.1) is 5.82 Å². The minimum absolute atomic E-state index is 0.0103. The minimum atomic E-state index is -0.309. The van der Waals surface area contributed by atoms with Gasteiger partial charge in [-0.05, 0) is 36.2 Å². The fourth-order valence-corrected chi connectivity index (χ4v) is 3.89. The van der Waals surface area contributed by atoms with Crippen LogP contribution in [0.5, 0.6) is 0 Å². The number of hydrogen-bond donors (Lipinski definition) is 0. The number of carbonyl (C=O) groups is 1. The summed E-state index contributed by atoms with van der Waals surface area (Å²) in [6, 6.07) is 13.7. The number of halogens is 1. The van der Waals surface area contributed by atoms with Crippen LogP contribution < -0.4 is 10.5 Å².